The van der Waals surface area contributed by atoms with Crippen LogP contribution in [0.4, 0.5) is 0 Å². The fourth-order valence-corrected chi connectivity index (χ4v) is 6.51. The minimum Gasteiger partial charge on any atom is -0.509 e. The van der Waals surface area contributed by atoms with E-state index < -0.39 is 5.41 Å². The lowest BCUT2D eigenvalue weighted by Gasteiger charge is -2.25. The fourth-order valence-electron chi connectivity index (χ4n) is 6.51. The minimum absolute atomic E-state index is 0.101. The van der Waals surface area contributed by atoms with Crippen LogP contribution >= 0.6 is 0 Å². The lowest BCUT2D eigenvalue weighted by atomic mass is 9.80. The van der Waals surface area contributed by atoms with Crippen molar-refractivity contribution in [1.82, 2.24) is 5.32 Å². The number of esters is 2. The monoisotopic (exact) mass is 610 g/mol. The minimum atomic E-state index is -0.910. The summed E-state index contributed by atoms with van der Waals surface area (Å²) in [7, 11) is 2.74. The number of hydrogen-bond acceptors (Lipinski definition) is 9. The summed E-state index contributed by atoms with van der Waals surface area (Å²) in [6.45, 7) is 12.3. The summed E-state index contributed by atoms with van der Waals surface area (Å²) in [5.74, 6) is -0.560. The first kappa shape index (κ1) is 31.9. The molecule has 9 nitrogen and oxygen atoms in total. The predicted molar refractivity (Wildman–Crippen MR) is 177 cm³/mol. The average molecular weight is 611 g/mol. The Balaban J connectivity index is 1.76. The Kier molecular flexibility index (Phi) is 8.83. The molecule has 45 heavy (non-hydrogen) atoms. The van der Waals surface area contributed by atoms with Gasteiger partial charge in [0.25, 0.3) is 0 Å². The molecule has 236 valence electrons. The van der Waals surface area contributed by atoms with E-state index in [1.165, 1.54) is 14.2 Å². The molecule has 0 aromatic heterocycles. The number of aliphatic hydroxyl groups excluding tert-OH is 1. The topological polar surface area (TPSA) is 122 Å². The number of nitrogens with zero attached hydrogens (tertiary/aromatic N) is 3. The van der Waals surface area contributed by atoms with Gasteiger partial charge in [0.2, 0.25) is 0 Å². The van der Waals surface area contributed by atoms with Gasteiger partial charge in [-0.05, 0) is 111 Å². The standard InChI is InChI=1S/C36H42N4O5/c1-9-22-19(3)25-15-29-23(10-2)20(4)27(39-29)18-32-36(6,14-13-34(42)45-8)35(43)31(40-32)17-30-24(11-12-33(41)44-7)21(5)26(38-30)16-28(22)37-25/h15-18,40,43H,9-14H2,1-8H3. The zero-order chi connectivity index (χ0) is 32.6. The van der Waals surface area contributed by atoms with Gasteiger partial charge >= 0.3 is 11.9 Å². The quantitative estimate of drug-likeness (QED) is 0.287. The number of aliphatic hydroxyl groups is 1. The average Bonchev–Trinajstić information content (AvgIpc) is 3.67. The number of rotatable bonds is 8. The van der Waals surface area contributed by atoms with Gasteiger partial charge in [-0.2, -0.15) is 0 Å². The summed E-state index contributed by atoms with van der Waals surface area (Å²) >= 11 is 0. The van der Waals surface area contributed by atoms with Crippen molar-refractivity contribution in [3.05, 3.63) is 92.0 Å². The molecule has 5 heterocycles. The Bertz CT molecular complexity index is 1730. The molecule has 9 heteroatoms. The second kappa shape index (κ2) is 12.5. The van der Waals surface area contributed by atoms with Gasteiger partial charge in [0.1, 0.15) is 5.76 Å². The van der Waals surface area contributed by atoms with Gasteiger partial charge in [-0.25, -0.2) is 15.0 Å². The van der Waals surface area contributed by atoms with E-state index in [4.69, 9.17) is 24.5 Å². The molecular formula is C36H42N4O5. The van der Waals surface area contributed by atoms with Crippen LogP contribution in [0, 0.1) is 5.41 Å². The Morgan fingerprint density at radius 2 is 1.22 bits per heavy atom. The fraction of sp³-hybridized carbons (Fsp3) is 0.417. The van der Waals surface area contributed by atoms with Gasteiger partial charge in [-0.3, -0.25) is 9.59 Å². The number of nitrogens with one attached hydrogen (secondary N) is 1. The Hall–Kier alpha value is -4.53. The van der Waals surface area contributed by atoms with Crippen molar-refractivity contribution >= 4 is 29.1 Å². The van der Waals surface area contributed by atoms with Crippen molar-refractivity contribution in [1.29, 1.82) is 0 Å². The van der Waals surface area contributed by atoms with Crippen LogP contribution in [0.15, 0.2) is 107 Å². The Morgan fingerprint density at radius 1 is 0.756 bits per heavy atom. The second-order valence-electron chi connectivity index (χ2n) is 12.0. The number of allylic oxidation sites excluding steroid dienone is 10. The molecule has 8 bridgehead atoms. The second-order valence-corrected chi connectivity index (χ2v) is 12.0. The zero-order valence-electron chi connectivity index (χ0n) is 27.5. The molecule has 5 aliphatic rings. The molecule has 0 aliphatic carbocycles. The van der Waals surface area contributed by atoms with Crippen molar-refractivity contribution in [2.75, 3.05) is 14.2 Å². The molecule has 0 aromatic carbocycles. The van der Waals surface area contributed by atoms with Crippen molar-refractivity contribution in [2.45, 2.75) is 80.1 Å². The maximum atomic E-state index is 12.2. The van der Waals surface area contributed by atoms with E-state index >= 15 is 0 Å². The highest BCUT2D eigenvalue weighted by Crippen LogP contribution is 2.46. The Labute approximate surface area is 265 Å². The number of fused-ring (bicyclic) bond motifs is 5. The van der Waals surface area contributed by atoms with Gasteiger partial charge in [-0.15, -0.1) is 0 Å². The first-order chi connectivity index (χ1) is 21.4. The number of hydrogen-bond donors (Lipinski definition) is 2. The van der Waals surface area contributed by atoms with Crippen LogP contribution in [0.3, 0.4) is 0 Å². The first-order valence-corrected chi connectivity index (χ1v) is 15.5. The highest BCUT2D eigenvalue weighted by molar-refractivity contribution is 6.17. The van der Waals surface area contributed by atoms with Crippen LogP contribution in [0.2, 0.25) is 0 Å². The molecule has 0 saturated heterocycles. The number of ether oxygens (including phenoxy) is 2. The highest BCUT2D eigenvalue weighted by Gasteiger charge is 2.42. The molecule has 1 unspecified atom stereocenters. The third kappa shape index (κ3) is 5.72. The molecule has 2 N–H and O–H groups in total. The van der Waals surface area contributed by atoms with Crippen molar-refractivity contribution in [3.8, 4) is 0 Å². The van der Waals surface area contributed by atoms with Crippen molar-refractivity contribution in [3.63, 3.8) is 0 Å². The summed E-state index contributed by atoms with van der Waals surface area (Å²) in [6, 6.07) is 0. The van der Waals surface area contributed by atoms with E-state index in [0.717, 1.165) is 80.5 Å². The van der Waals surface area contributed by atoms with Crippen LogP contribution in [-0.2, 0) is 19.1 Å². The summed E-state index contributed by atoms with van der Waals surface area (Å²) in [5, 5.41) is 15.2. The first-order valence-electron chi connectivity index (χ1n) is 15.5. The summed E-state index contributed by atoms with van der Waals surface area (Å²) in [5.41, 5.74) is 11.4. The van der Waals surface area contributed by atoms with Gasteiger partial charge in [0.05, 0.1) is 59.6 Å². The summed E-state index contributed by atoms with van der Waals surface area (Å²) in [4.78, 5) is 39.5. The molecule has 0 amide bonds. The van der Waals surface area contributed by atoms with Crippen molar-refractivity contribution in [2.24, 2.45) is 20.4 Å². The van der Waals surface area contributed by atoms with Gasteiger partial charge in [0, 0.05) is 18.5 Å². The van der Waals surface area contributed by atoms with Crippen molar-refractivity contribution < 1.29 is 24.2 Å². The number of methoxy groups -OCH3 is 2. The largest absolute Gasteiger partial charge is 0.509 e. The maximum Gasteiger partial charge on any atom is 0.305 e. The summed E-state index contributed by atoms with van der Waals surface area (Å²) < 4.78 is 9.86. The molecule has 0 fully saturated rings. The SMILES string of the molecule is CCC1=C(C)C2=NC1=CC1=NC(=CC3=C(O)C(C)(CCC(=O)OC)C(=CC4=NC(=C2)C(CC)=C4C)N3)C(CCC(=O)OC)=C1C. The molecular weight excluding hydrogens is 568 g/mol. The van der Waals surface area contributed by atoms with E-state index in [9.17, 15) is 14.7 Å². The third-order valence-electron chi connectivity index (χ3n) is 9.48. The maximum absolute atomic E-state index is 12.2. The Morgan fingerprint density at radius 3 is 1.73 bits per heavy atom. The highest BCUT2D eigenvalue weighted by atomic mass is 16.5. The van der Waals surface area contributed by atoms with Crippen LogP contribution in [0.5, 0.6) is 0 Å². The van der Waals surface area contributed by atoms with Crippen LogP contribution < -0.4 is 5.32 Å². The molecule has 0 radical (unpaired) electrons. The van der Waals surface area contributed by atoms with Crippen LogP contribution in [-0.4, -0.2) is 48.4 Å². The molecule has 1 atom stereocenters. The lowest BCUT2D eigenvalue weighted by Crippen LogP contribution is -2.24. The number of carbonyl (C=O) groups is 2. The normalized spacial score (nSPS) is 22.5. The van der Waals surface area contributed by atoms with E-state index in [1.54, 1.807) is 0 Å². The van der Waals surface area contributed by atoms with Gasteiger partial charge in [-0.1, -0.05) is 13.8 Å². The molecule has 5 rings (SSSR count). The smallest absolute Gasteiger partial charge is 0.305 e. The number of aliphatic imine (C=N–C) groups is 3. The van der Waals surface area contributed by atoms with E-state index in [1.807, 2.05) is 32.1 Å². The van der Waals surface area contributed by atoms with Crippen LogP contribution in [0.1, 0.15) is 80.1 Å². The molecule has 0 spiro atoms. The molecule has 5 aliphatic heterocycles. The molecule has 0 saturated carbocycles. The number of carbonyl (C=O) groups excluding carboxylic acids is 2. The zero-order valence-corrected chi connectivity index (χ0v) is 27.5. The van der Waals surface area contributed by atoms with Gasteiger partial charge < -0.3 is 19.9 Å². The summed E-state index contributed by atoms with van der Waals surface area (Å²) in [6.07, 6.45) is 10.6. The van der Waals surface area contributed by atoms with Gasteiger partial charge in [0.15, 0.2) is 0 Å². The van der Waals surface area contributed by atoms with E-state index in [-0.39, 0.29) is 30.5 Å². The van der Waals surface area contributed by atoms with E-state index in [2.05, 4.69) is 39.1 Å². The third-order valence-corrected chi connectivity index (χ3v) is 9.48. The predicted octanol–water partition coefficient (Wildman–Crippen LogP) is 6.95. The lowest BCUT2D eigenvalue weighted by molar-refractivity contribution is -0.141. The van der Waals surface area contributed by atoms with E-state index in [0.29, 0.717) is 24.2 Å². The van der Waals surface area contributed by atoms with Crippen LogP contribution in [0.25, 0.3) is 0 Å². The molecule has 0 aromatic rings.